The maximum Gasteiger partial charge on any atom is 0.410 e. The maximum atomic E-state index is 12.9. The van der Waals surface area contributed by atoms with E-state index >= 15 is 0 Å². The standard InChI is InChI=1S/C26H36N4O4S2/c1-25(2,3)34-24(32)29(14-18-8-7-11-33-18)13-17-9-10-20-19(12-17)28-23-30(20)15-21(36-23)22(31)27-16-26(4,5)35-6/h9-10,12,15,18H,7-8,11,13-14,16H2,1-6H3,(H,27,31). The molecule has 1 aromatic carbocycles. The van der Waals surface area contributed by atoms with Crippen molar-refractivity contribution in [2.24, 2.45) is 0 Å². The van der Waals surface area contributed by atoms with Gasteiger partial charge in [0.15, 0.2) is 4.96 Å². The molecule has 3 aromatic rings. The van der Waals surface area contributed by atoms with Crippen molar-refractivity contribution < 1.29 is 19.1 Å². The molecule has 0 spiro atoms. The SMILES string of the molecule is CSC(C)(C)CNC(=O)c1cn2c(nc3cc(CN(CC4CCCO4)C(=O)OC(C)(C)C)ccc32)s1. The fraction of sp³-hybridized carbons (Fsp3) is 0.577. The van der Waals surface area contributed by atoms with Crippen LogP contribution in [0.2, 0.25) is 0 Å². The number of thioether (sulfide) groups is 1. The number of amides is 2. The van der Waals surface area contributed by atoms with Gasteiger partial charge in [-0.25, -0.2) is 9.78 Å². The Morgan fingerprint density at radius 1 is 1.31 bits per heavy atom. The van der Waals surface area contributed by atoms with Crippen molar-refractivity contribution in [1.82, 2.24) is 19.6 Å². The molecular weight excluding hydrogens is 496 g/mol. The molecule has 3 heterocycles. The number of carbonyl (C=O) groups is 2. The van der Waals surface area contributed by atoms with Crippen molar-refractivity contribution in [3.63, 3.8) is 0 Å². The Balaban J connectivity index is 1.52. The smallest absolute Gasteiger partial charge is 0.410 e. The fourth-order valence-corrected chi connectivity index (χ4v) is 5.13. The summed E-state index contributed by atoms with van der Waals surface area (Å²) in [7, 11) is 0. The molecule has 8 nitrogen and oxygen atoms in total. The van der Waals surface area contributed by atoms with Crippen molar-refractivity contribution in [1.29, 1.82) is 0 Å². The van der Waals surface area contributed by atoms with Crippen LogP contribution in [0, 0.1) is 0 Å². The van der Waals surface area contributed by atoms with Crippen molar-refractivity contribution in [3.8, 4) is 0 Å². The molecule has 2 amide bonds. The summed E-state index contributed by atoms with van der Waals surface area (Å²) in [5.74, 6) is -0.0838. The first-order valence-corrected chi connectivity index (χ1v) is 14.3. The van der Waals surface area contributed by atoms with E-state index in [1.54, 1.807) is 16.7 Å². The minimum Gasteiger partial charge on any atom is -0.444 e. The summed E-state index contributed by atoms with van der Waals surface area (Å²) in [5, 5.41) is 3.03. The Morgan fingerprint density at radius 2 is 2.08 bits per heavy atom. The second-order valence-corrected chi connectivity index (χ2v) is 13.3. The maximum absolute atomic E-state index is 12.9. The highest BCUT2D eigenvalue weighted by Crippen LogP contribution is 2.26. The molecule has 0 saturated carbocycles. The second-order valence-electron chi connectivity index (χ2n) is 10.8. The van der Waals surface area contributed by atoms with E-state index in [0.29, 0.717) is 24.5 Å². The number of nitrogens with one attached hydrogen (secondary N) is 1. The summed E-state index contributed by atoms with van der Waals surface area (Å²) in [5.41, 5.74) is 2.15. The molecule has 1 N–H and O–H groups in total. The zero-order chi connectivity index (χ0) is 26.1. The monoisotopic (exact) mass is 532 g/mol. The van der Waals surface area contributed by atoms with E-state index in [9.17, 15) is 9.59 Å². The lowest BCUT2D eigenvalue weighted by atomic mass is 10.1. The molecule has 4 rings (SSSR count). The van der Waals surface area contributed by atoms with Gasteiger partial charge in [0.2, 0.25) is 0 Å². The number of benzene rings is 1. The van der Waals surface area contributed by atoms with Gasteiger partial charge in [0.05, 0.1) is 23.7 Å². The van der Waals surface area contributed by atoms with E-state index in [1.165, 1.54) is 11.3 Å². The first kappa shape index (κ1) is 26.8. The quantitative estimate of drug-likeness (QED) is 0.422. The molecule has 1 fully saturated rings. The van der Waals surface area contributed by atoms with E-state index in [0.717, 1.165) is 41.0 Å². The molecule has 0 bridgehead atoms. The molecule has 196 valence electrons. The van der Waals surface area contributed by atoms with Gasteiger partial charge in [-0.3, -0.25) is 9.20 Å². The molecule has 0 radical (unpaired) electrons. The molecule has 1 atom stereocenters. The van der Waals surface area contributed by atoms with Gasteiger partial charge in [-0.15, -0.1) is 0 Å². The molecule has 1 aliphatic heterocycles. The third-order valence-corrected chi connectivity index (χ3v) is 8.32. The Hall–Kier alpha value is -2.30. The summed E-state index contributed by atoms with van der Waals surface area (Å²) in [6.07, 6.45) is 5.54. The van der Waals surface area contributed by atoms with Crippen LogP contribution in [-0.2, 0) is 16.0 Å². The molecule has 2 aromatic heterocycles. The third kappa shape index (κ3) is 6.52. The minimum absolute atomic E-state index is 0.0206. The van der Waals surface area contributed by atoms with Crippen LogP contribution >= 0.6 is 23.1 Å². The Morgan fingerprint density at radius 3 is 2.75 bits per heavy atom. The molecule has 10 heteroatoms. The first-order valence-electron chi connectivity index (χ1n) is 12.3. The number of fused-ring (bicyclic) bond motifs is 3. The number of hydrogen-bond acceptors (Lipinski definition) is 7. The van der Waals surface area contributed by atoms with Crippen LogP contribution in [0.15, 0.2) is 24.4 Å². The van der Waals surface area contributed by atoms with Gasteiger partial charge in [0, 0.05) is 30.6 Å². The average Bonchev–Trinajstić information content (AvgIpc) is 3.52. The Labute approximate surface area is 220 Å². The number of rotatable bonds is 8. The summed E-state index contributed by atoms with van der Waals surface area (Å²) < 4.78 is 13.4. The zero-order valence-electron chi connectivity index (χ0n) is 21.9. The number of aromatic nitrogens is 2. The largest absolute Gasteiger partial charge is 0.444 e. The van der Waals surface area contributed by atoms with Crippen LogP contribution in [0.1, 0.15) is 62.7 Å². The zero-order valence-corrected chi connectivity index (χ0v) is 23.6. The van der Waals surface area contributed by atoms with Gasteiger partial charge >= 0.3 is 6.09 Å². The van der Waals surface area contributed by atoms with Crippen LogP contribution in [0.5, 0.6) is 0 Å². The fourth-order valence-electron chi connectivity index (χ4n) is 4.00. The van der Waals surface area contributed by atoms with E-state index in [-0.39, 0.29) is 22.9 Å². The van der Waals surface area contributed by atoms with E-state index in [1.807, 2.05) is 55.8 Å². The Bertz CT molecular complexity index is 1240. The number of hydrogen-bond donors (Lipinski definition) is 1. The summed E-state index contributed by atoms with van der Waals surface area (Å²) in [6.45, 7) is 12.1. The van der Waals surface area contributed by atoms with Gasteiger partial charge in [-0.05, 0) is 71.4 Å². The normalized spacial score (nSPS) is 16.6. The molecule has 36 heavy (non-hydrogen) atoms. The lowest BCUT2D eigenvalue weighted by Gasteiger charge is -2.29. The summed E-state index contributed by atoms with van der Waals surface area (Å²) in [4.78, 5) is 33.5. The van der Waals surface area contributed by atoms with Crippen molar-refractivity contribution in [3.05, 3.63) is 34.8 Å². The number of thiazole rings is 1. The minimum atomic E-state index is -0.570. The lowest BCUT2D eigenvalue weighted by Crippen LogP contribution is -2.40. The first-order chi connectivity index (χ1) is 16.9. The Kier molecular flexibility index (Phi) is 7.87. The topological polar surface area (TPSA) is 85.2 Å². The van der Waals surface area contributed by atoms with E-state index < -0.39 is 5.60 Å². The van der Waals surface area contributed by atoms with Gasteiger partial charge in [0.1, 0.15) is 10.5 Å². The summed E-state index contributed by atoms with van der Waals surface area (Å²) in [6, 6.07) is 6.00. The van der Waals surface area contributed by atoms with Crippen LogP contribution in [-0.4, -0.2) is 68.7 Å². The highest BCUT2D eigenvalue weighted by Gasteiger charge is 2.27. The number of imidazole rings is 1. The number of carbonyl (C=O) groups excluding carboxylic acids is 2. The van der Waals surface area contributed by atoms with Gasteiger partial charge in [-0.2, -0.15) is 11.8 Å². The van der Waals surface area contributed by atoms with Gasteiger partial charge in [0.25, 0.3) is 5.91 Å². The van der Waals surface area contributed by atoms with Crippen LogP contribution < -0.4 is 5.32 Å². The van der Waals surface area contributed by atoms with Crippen LogP contribution in [0.4, 0.5) is 4.79 Å². The highest BCUT2D eigenvalue weighted by atomic mass is 32.2. The van der Waals surface area contributed by atoms with Gasteiger partial charge < -0.3 is 19.7 Å². The van der Waals surface area contributed by atoms with Crippen LogP contribution in [0.3, 0.4) is 0 Å². The van der Waals surface area contributed by atoms with Crippen molar-refractivity contribution in [2.45, 2.75) is 70.5 Å². The molecule has 1 unspecified atom stereocenters. The van der Waals surface area contributed by atoms with E-state index in [2.05, 4.69) is 19.2 Å². The number of nitrogens with zero attached hydrogens (tertiary/aromatic N) is 3. The molecule has 0 aliphatic carbocycles. The van der Waals surface area contributed by atoms with Crippen LogP contribution in [0.25, 0.3) is 16.0 Å². The van der Waals surface area contributed by atoms with Gasteiger partial charge in [-0.1, -0.05) is 17.4 Å². The predicted molar refractivity (Wildman–Crippen MR) is 146 cm³/mol. The average molecular weight is 533 g/mol. The number of ether oxygens (including phenoxy) is 2. The summed E-state index contributed by atoms with van der Waals surface area (Å²) >= 11 is 3.10. The van der Waals surface area contributed by atoms with Crippen molar-refractivity contribution in [2.75, 3.05) is 26.0 Å². The van der Waals surface area contributed by atoms with Crippen molar-refractivity contribution >= 4 is 51.1 Å². The second kappa shape index (κ2) is 10.6. The predicted octanol–water partition coefficient (Wildman–Crippen LogP) is 5.34. The molecule has 1 aliphatic rings. The molecule has 1 saturated heterocycles. The molecular formula is C26H36N4O4S2. The van der Waals surface area contributed by atoms with E-state index in [4.69, 9.17) is 14.5 Å². The lowest BCUT2D eigenvalue weighted by molar-refractivity contribution is 0.00860. The highest BCUT2D eigenvalue weighted by molar-refractivity contribution is 7.99. The third-order valence-electron chi connectivity index (χ3n) is 6.09.